The van der Waals surface area contributed by atoms with Crippen LogP contribution in [0, 0.1) is 0 Å². The van der Waals surface area contributed by atoms with Crippen LogP contribution in [0.3, 0.4) is 0 Å². The predicted octanol–water partition coefficient (Wildman–Crippen LogP) is 4.67. The summed E-state index contributed by atoms with van der Waals surface area (Å²) in [5, 5.41) is 0. The maximum atomic E-state index is 13.2. The summed E-state index contributed by atoms with van der Waals surface area (Å²) >= 11 is 0. The molecule has 0 N–H and O–H groups in total. The molecule has 1 aliphatic heterocycles. The molecule has 0 amide bonds. The smallest absolute Gasteiger partial charge is 0.359 e. The fourth-order valence-electron chi connectivity index (χ4n) is 2.68. The second-order valence-corrected chi connectivity index (χ2v) is 7.14. The van der Waals surface area contributed by atoms with Crippen LogP contribution >= 0.6 is 7.94 Å². The number of hydrogen-bond donors (Lipinski definition) is 0. The first-order valence-corrected chi connectivity index (χ1v) is 9.26. The molecule has 1 aliphatic rings. The summed E-state index contributed by atoms with van der Waals surface area (Å²) in [7, 11) is -3.45. The molecular formula is C20H15O3P. The van der Waals surface area contributed by atoms with Crippen molar-refractivity contribution >= 4 is 13.5 Å². The fourth-order valence-corrected chi connectivity index (χ4v) is 4.28. The summed E-state index contributed by atoms with van der Waals surface area (Å²) in [6.45, 7) is 0. The third-order valence-electron chi connectivity index (χ3n) is 3.75. The van der Waals surface area contributed by atoms with Gasteiger partial charge in [0.2, 0.25) is 0 Å². The second-order valence-electron chi connectivity index (χ2n) is 5.44. The summed E-state index contributed by atoms with van der Waals surface area (Å²) < 4.78 is 11.4. The zero-order chi connectivity index (χ0) is 16.4. The summed E-state index contributed by atoms with van der Waals surface area (Å²) in [4.78, 5) is 13.2. The monoisotopic (exact) mass is 334 g/mol. The van der Waals surface area contributed by atoms with Crippen LogP contribution in [0.4, 0.5) is 0 Å². The van der Waals surface area contributed by atoms with E-state index in [4.69, 9.17) is 9.05 Å². The number of para-hydroxylation sites is 2. The van der Waals surface area contributed by atoms with E-state index >= 15 is 0 Å². The maximum Gasteiger partial charge on any atom is 0.359 e. The Labute approximate surface area is 141 Å². The minimum Gasteiger partial charge on any atom is -0.613 e. The van der Waals surface area contributed by atoms with Gasteiger partial charge in [0.1, 0.15) is 5.82 Å². The molecule has 3 nitrogen and oxygen atoms in total. The van der Waals surface area contributed by atoms with E-state index in [1.807, 2.05) is 72.8 Å². The highest BCUT2D eigenvalue weighted by atomic mass is 31.2. The van der Waals surface area contributed by atoms with E-state index in [2.05, 4.69) is 0 Å². The molecule has 0 saturated carbocycles. The van der Waals surface area contributed by atoms with E-state index in [0.29, 0.717) is 11.5 Å². The lowest BCUT2D eigenvalue weighted by Gasteiger charge is -2.30. The predicted molar refractivity (Wildman–Crippen MR) is 94.6 cm³/mol. The van der Waals surface area contributed by atoms with Crippen LogP contribution in [0.15, 0.2) is 90.7 Å². The lowest BCUT2D eigenvalue weighted by atomic mass is 9.99. The Hall–Kier alpha value is -2.61. The Bertz CT molecular complexity index is 878. The van der Waals surface area contributed by atoms with Crippen molar-refractivity contribution in [3.8, 4) is 11.5 Å². The summed E-state index contributed by atoms with van der Waals surface area (Å²) in [6, 6.07) is 26.5. The Morgan fingerprint density at radius 3 is 2.12 bits per heavy atom. The summed E-state index contributed by atoms with van der Waals surface area (Å²) in [5.41, 5.74) is 2.74. The van der Waals surface area contributed by atoms with Gasteiger partial charge in [0, 0.05) is 11.1 Å². The van der Waals surface area contributed by atoms with Gasteiger partial charge in [-0.3, -0.25) is 0 Å². The van der Waals surface area contributed by atoms with Crippen LogP contribution in [0.1, 0.15) is 11.1 Å². The van der Waals surface area contributed by atoms with Crippen molar-refractivity contribution in [3.63, 3.8) is 0 Å². The summed E-state index contributed by atoms with van der Waals surface area (Å²) in [6.07, 6.45) is 0. The lowest BCUT2D eigenvalue weighted by molar-refractivity contribution is -0.198. The maximum absolute atomic E-state index is 13.2. The van der Waals surface area contributed by atoms with E-state index in [1.165, 1.54) is 0 Å². The second kappa shape index (κ2) is 6.12. The molecule has 0 aliphatic carbocycles. The van der Waals surface area contributed by atoms with Crippen molar-refractivity contribution in [3.05, 3.63) is 102 Å². The first-order valence-electron chi connectivity index (χ1n) is 7.65. The van der Waals surface area contributed by atoms with E-state index in [9.17, 15) is 4.89 Å². The first-order chi connectivity index (χ1) is 11.7. The van der Waals surface area contributed by atoms with Crippen molar-refractivity contribution < 1.29 is 13.9 Å². The molecule has 1 atom stereocenters. The van der Waals surface area contributed by atoms with Crippen molar-refractivity contribution in [2.24, 2.45) is 0 Å². The van der Waals surface area contributed by atoms with E-state index in [0.717, 1.165) is 16.7 Å². The fraction of sp³-hybridized carbons (Fsp3) is 0. The largest absolute Gasteiger partial charge is 0.613 e. The Balaban J connectivity index is 1.80. The summed E-state index contributed by atoms with van der Waals surface area (Å²) in [5.74, 6) is 2.69. The highest BCUT2D eigenvalue weighted by Gasteiger charge is 2.38. The Kier molecular flexibility index (Phi) is 3.81. The molecular weight excluding hydrogens is 319 g/mol. The van der Waals surface area contributed by atoms with E-state index < -0.39 is 7.94 Å². The highest BCUT2D eigenvalue weighted by molar-refractivity contribution is 7.63. The van der Waals surface area contributed by atoms with Gasteiger partial charge >= 0.3 is 7.94 Å². The van der Waals surface area contributed by atoms with Crippen LogP contribution in [0.5, 0.6) is 11.5 Å². The van der Waals surface area contributed by atoms with Crippen molar-refractivity contribution in [1.82, 2.24) is 0 Å². The lowest BCUT2D eigenvalue weighted by Crippen LogP contribution is -2.22. The molecule has 0 spiro atoms. The molecule has 3 aromatic carbocycles. The molecule has 0 radical (unpaired) electrons. The molecule has 3 aromatic rings. The zero-order valence-corrected chi connectivity index (χ0v) is 13.7. The van der Waals surface area contributed by atoms with Crippen LogP contribution in [-0.2, 0) is 0 Å². The van der Waals surface area contributed by atoms with Gasteiger partial charge in [-0.1, -0.05) is 66.7 Å². The van der Waals surface area contributed by atoms with Gasteiger partial charge in [-0.05, 0) is 23.8 Å². The topological polar surface area (TPSA) is 41.5 Å². The van der Waals surface area contributed by atoms with Crippen LogP contribution in [0.2, 0.25) is 0 Å². The molecule has 4 heteroatoms. The van der Waals surface area contributed by atoms with E-state index in [-0.39, 0.29) is 0 Å². The number of rotatable bonds is 3. The highest BCUT2D eigenvalue weighted by Crippen LogP contribution is 2.60. The number of fused-ring (bicyclic) bond motifs is 1. The van der Waals surface area contributed by atoms with Crippen LogP contribution < -0.4 is 13.9 Å². The minimum absolute atomic E-state index is 0.517. The molecule has 24 heavy (non-hydrogen) atoms. The third kappa shape index (κ3) is 2.92. The van der Waals surface area contributed by atoms with Gasteiger partial charge in [0.15, 0.2) is 11.5 Å². The van der Waals surface area contributed by atoms with Crippen molar-refractivity contribution in [2.45, 2.75) is 0 Å². The first kappa shape index (κ1) is 14.9. The molecule has 0 fully saturated rings. The molecule has 118 valence electrons. The SMILES string of the molecule is [O-][P+]1(Oc2ccccc2)C=C(c2ccccc2)c2ccccc2O1. The third-order valence-corrected chi connectivity index (χ3v) is 5.24. The average molecular weight is 334 g/mol. The van der Waals surface area contributed by atoms with Gasteiger partial charge in [0.25, 0.3) is 0 Å². The van der Waals surface area contributed by atoms with Crippen molar-refractivity contribution in [1.29, 1.82) is 0 Å². The van der Waals surface area contributed by atoms with Crippen LogP contribution in [-0.4, -0.2) is 0 Å². The van der Waals surface area contributed by atoms with Gasteiger partial charge in [-0.2, -0.15) is 0 Å². The minimum atomic E-state index is -3.45. The number of benzene rings is 3. The zero-order valence-electron chi connectivity index (χ0n) is 12.8. The quantitative estimate of drug-likeness (QED) is 0.654. The van der Waals surface area contributed by atoms with Gasteiger partial charge in [-0.25, -0.2) is 0 Å². The molecule has 1 heterocycles. The normalized spacial score (nSPS) is 19.0. The molecule has 1 unspecified atom stereocenters. The van der Waals surface area contributed by atoms with Crippen LogP contribution in [0.25, 0.3) is 5.57 Å². The molecule has 4 rings (SSSR count). The van der Waals surface area contributed by atoms with Gasteiger partial charge in [-0.15, -0.1) is 0 Å². The molecule has 0 bridgehead atoms. The molecule has 0 saturated heterocycles. The van der Waals surface area contributed by atoms with Gasteiger partial charge < -0.3 is 13.9 Å². The Morgan fingerprint density at radius 1 is 0.750 bits per heavy atom. The number of hydrogen-bond acceptors (Lipinski definition) is 3. The van der Waals surface area contributed by atoms with E-state index in [1.54, 1.807) is 17.9 Å². The van der Waals surface area contributed by atoms with Gasteiger partial charge in [0.05, 0.1) is 0 Å². The standard InChI is InChI=1S/C20H15O3P/c21-24(22-17-11-5-2-6-12-17)15-19(16-9-3-1-4-10-16)18-13-7-8-14-20(18)23-24/h1-15H. The Morgan fingerprint density at radius 2 is 1.38 bits per heavy atom. The van der Waals surface area contributed by atoms with Crippen molar-refractivity contribution in [2.75, 3.05) is 0 Å². The molecule has 0 aromatic heterocycles. The average Bonchev–Trinajstić information content (AvgIpc) is 2.62.